The second-order valence-electron chi connectivity index (χ2n) is 6.06. The second-order valence-corrected chi connectivity index (χ2v) is 6.50. The number of nitrogens with one attached hydrogen (secondary N) is 1. The molecule has 8 heteroatoms. The van der Waals surface area contributed by atoms with Crippen LogP contribution in [0.2, 0.25) is 0 Å². The van der Waals surface area contributed by atoms with Gasteiger partial charge in [0.25, 0.3) is 0 Å². The third kappa shape index (κ3) is 4.96. The summed E-state index contributed by atoms with van der Waals surface area (Å²) in [5.74, 6) is -0.325. The summed E-state index contributed by atoms with van der Waals surface area (Å²) < 4.78 is 14.3. The standard InChI is InChI=1S/C18H21FN6S/c19-17-10-16(4-3-15(17)12-22-23-18(20)26)25-8-6-24(7-9-25)13-14-2-1-5-21-11-14/h1-5,10-12H,6-9,13H2,(H3,20,23,26)/b22-12+. The summed E-state index contributed by atoms with van der Waals surface area (Å²) >= 11 is 4.65. The molecule has 2 aromatic rings. The average molecular weight is 372 g/mol. The summed E-state index contributed by atoms with van der Waals surface area (Å²) in [5.41, 5.74) is 10.2. The maximum Gasteiger partial charge on any atom is 0.184 e. The van der Waals surface area contributed by atoms with Gasteiger partial charge in [-0.2, -0.15) is 5.10 Å². The maximum atomic E-state index is 14.3. The Balaban J connectivity index is 1.56. The van der Waals surface area contributed by atoms with Crippen molar-refractivity contribution in [3.8, 4) is 0 Å². The molecule has 0 amide bonds. The van der Waals surface area contributed by atoms with Gasteiger partial charge in [-0.3, -0.25) is 15.3 Å². The van der Waals surface area contributed by atoms with Crippen LogP contribution in [0.4, 0.5) is 10.1 Å². The van der Waals surface area contributed by atoms with Crippen molar-refractivity contribution in [2.45, 2.75) is 6.54 Å². The summed E-state index contributed by atoms with van der Waals surface area (Å²) in [5, 5.41) is 3.83. The van der Waals surface area contributed by atoms with Gasteiger partial charge in [-0.25, -0.2) is 4.39 Å². The molecule has 1 aromatic heterocycles. The van der Waals surface area contributed by atoms with Crippen LogP contribution in [-0.4, -0.2) is 47.4 Å². The van der Waals surface area contributed by atoms with Gasteiger partial charge in [-0.05, 0) is 42.0 Å². The molecule has 1 aliphatic rings. The molecule has 0 radical (unpaired) electrons. The maximum absolute atomic E-state index is 14.3. The Morgan fingerprint density at radius 1 is 1.31 bits per heavy atom. The highest BCUT2D eigenvalue weighted by Crippen LogP contribution is 2.20. The number of pyridine rings is 1. The topological polar surface area (TPSA) is 69.8 Å². The summed E-state index contributed by atoms with van der Waals surface area (Å²) in [4.78, 5) is 8.73. The lowest BCUT2D eigenvalue weighted by Gasteiger charge is -2.36. The van der Waals surface area contributed by atoms with Crippen LogP contribution in [0.3, 0.4) is 0 Å². The van der Waals surface area contributed by atoms with E-state index in [0.29, 0.717) is 5.56 Å². The van der Waals surface area contributed by atoms with Crippen LogP contribution < -0.4 is 16.1 Å². The van der Waals surface area contributed by atoms with E-state index in [2.05, 4.69) is 43.6 Å². The summed E-state index contributed by atoms with van der Waals surface area (Å²) in [6.45, 7) is 4.46. The van der Waals surface area contributed by atoms with Crippen LogP contribution in [-0.2, 0) is 6.54 Å². The lowest BCUT2D eigenvalue weighted by atomic mass is 10.1. The molecular formula is C18H21FN6S. The summed E-state index contributed by atoms with van der Waals surface area (Å²) in [6, 6.07) is 9.19. The first-order valence-corrected chi connectivity index (χ1v) is 8.77. The first-order chi connectivity index (χ1) is 12.6. The van der Waals surface area contributed by atoms with Crippen molar-refractivity contribution in [2.24, 2.45) is 10.8 Å². The fourth-order valence-corrected chi connectivity index (χ4v) is 2.95. The number of hydrogen-bond acceptors (Lipinski definition) is 5. The van der Waals surface area contributed by atoms with E-state index in [0.717, 1.165) is 38.4 Å². The molecule has 3 rings (SSSR count). The first-order valence-electron chi connectivity index (χ1n) is 8.36. The largest absolute Gasteiger partial charge is 0.375 e. The monoisotopic (exact) mass is 372 g/mol. The summed E-state index contributed by atoms with van der Waals surface area (Å²) in [6.07, 6.45) is 5.04. The molecule has 136 valence electrons. The van der Waals surface area contributed by atoms with Gasteiger partial charge in [0.1, 0.15) is 5.82 Å². The molecule has 1 aliphatic heterocycles. The van der Waals surface area contributed by atoms with Crippen molar-refractivity contribution in [3.63, 3.8) is 0 Å². The third-order valence-corrected chi connectivity index (χ3v) is 4.32. The lowest BCUT2D eigenvalue weighted by Crippen LogP contribution is -2.46. The Bertz CT molecular complexity index is 775. The molecule has 0 bridgehead atoms. The Hall–Kier alpha value is -2.58. The van der Waals surface area contributed by atoms with Gasteiger partial charge in [0.05, 0.1) is 6.21 Å². The minimum atomic E-state index is -0.325. The zero-order valence-corrected chi connectivity index (χ0v) is 15.1. The SMILES string of the molecule is NC(=S)N/N=C/c1ccc(N2CCN(Cc3cccnc3)CC2)cc1F. The second kappa shape index (κ2) is 8.68. The molecule has 6 nitrogen and oxygen atoms in total. The van der Waals surface area contributed by atoms with Crippen molar-refractivity contribution in [3.05, 3.63) is 59.7 Å². The molecule has 0 atom stereocenters. The highest BCUT2D eigenvalue weighted by atomic mass is 32.1. The van der Waals surface area contributed by atoms with Gasteiger partial charge in [0, 0.05) is 56.4 Å². The number of piperazine rings is 1. The molecule has 0 unspecified atom stereocenters. The Labute approximate surface area is 157 Å². The molecule has 1 aromatic carbocycles. The molecule has 0 saturated carbocycles. The molecule has 0 spiro atoms. The molecule has 3 N–H and O–H groups in total. The van der Waals surface area contributed by atoms with E-state index in [1.807, 2.05) is 18.3 Å². The number of rotatable bonds is 5. The smallest absolute Gasteiger partial charge is 0.184 e. The number of hydrogen-bond donors (Lipinski definition) is 2. The number of nitrogens with two attached hydrogens (primary N) is 1. The Kier molecular flexibility index (Phi) is 6.08. The van der Waals surface area contributed by atoms with Crippen LogP contribution >= 0.6 is 12.2 Å². The predicted octanol–water partition coefficient (Wildman–Crippen LogP) is 1.71. The van der Waals surface area contributed by atoms with Gasteiger partial charge in [0.15, 0.2) is 5.11 Å². The summed E-state index contributed by atoms with van der Waals surface area (Å²) in [7, 11) is 0. The van der Waals surface area contributed by atoms with Gasteiger partial charge in [0.2, 0.25) is 0 Å². The van der Waals surface area contributed by atoms with Gasteiger partial charge in [-0.15, -0.1) is 0 Å². The number of halogens is 1. The van der Waals surface area contributed by atoms with Crippen molar-refractivity contribution in [2.75, 3.05) is 31.1 Å². The van der Waals surface area contributed by atoms with Crippen molar-refractivity contribution in [1.29, 1.82) is 0 Å². The highest BCUT2D eigenvalue weighted by molar-refractivity contribution is 7.80. The van der Waals surface area contributed by atoms with Crippen LogP contribution in [0.25, 0.3) is 0 Å². The van der Waals surface area contributed by atoms with E-state index in [9.17, 15) is 4.39 Å². The zero-order chi connectivity index (χ0) is 18.4. The van der Waals surface area contributed by atoms with Crippen LogP contribution in [0.5, 0.6) is 0 Å². The van der Waals surface area contributed by atoms with E-state index < -0.39 is 0 Å². The fourth-order valence-electron chi connectivity index (χ4n) is 2.90. The minimum absolute atomic E-state index is 0.0439. The van der Waals surface area contributed by atoms with E-state index in [-0.39, 0.29) is 10.9 Å². The normalized spacial score (nSPS) is 15.3. The molecule has 2 heterocycles. The molecule has 0 aliphatic carbocycles. The van der Waals surface area contributed by atoms with Gasteiger partial charge in [-0.1, -0.05) is 6.07 Å². The van der Waals surface area contributed by atoms with Gasteiger partial charge >= 0.3 is 0 Å². The van der Waals surface area contributed by atoms with Crippen molar-refractivity contribution < 1.29 is 4.39 Å². The van der Waals surface area contributed by atoms with Gasteiger partial charge < -0.3 is 10.6 Å². The Morgan fingerprint density at radius 3 is 2.77 bits per heavy atom. The van der Waals surface area contributed by atoms with Crippen LogP contribution in [0.15, 0.2) is 47.8 Å². The minimum Gasteiger partial charge on any atom is -0.375 e. The number of nitrogens with zero attached hydrogens (tertiary/aromatic N) is 4. The van der Waals surface area contributed by atoms with Crippen molar-refractivity contribution in [1.82, 2.24) is 15.3 Å². The van der Waals surface area contributed by atoms with Crippen LogP contribution in [0.1, 0.15) is 11.1 Å². The van der Waals surface area contributed by atoms with E-state index >= 15 is 0 Å². The van der Waals surface area contributed by atoms with E-state index in [1.165, 1.54) is 11.8 Å². The molecule has 26 heavy (non-hydrogen) atoms. The number of aromatic nitrogens is 1. The molecule has 1 fully saturated rings. The number of hydrazone groups is 1. The highest BCUT2D eigenvalue weighted by Gasteiger charge is 2.18. The van der Waals surface area contributed by atoms with Crippen molar-refractivity contribution >= 4 is 29.2 Å². The molecular weight excluding hydrogens is 351 g/mol. The third-order valence-electron chi connectivity index (χ3n) is 4.23. The van der Waals surface area contributed by atoms with E-state index in [1.54, 1.807) is 18.3 Å². The van der Waals surface area contributed by atoms with Crippen LogP contribution in [0, 0.1) is 5.82 Å². The lowest BCUT2D eigenvalue weighted by molar-refractivity contribution is 0.249. The quantitative estimate of drug-likeness (QED) is 0.473. The number of thiocarbonyl (C=S) groups is 1. The average Bonchev–Trinajstić information content (AvgIpc) is 2.64. The number of anilines is 1. The predicted molar refractivity (Wildman–Crippen MR) is 106 cm³/mol. The van der Waals surface area contributed by atoms with E-state index in [4.69, 9.17) is 5.73 Å². The fraction of sp³-hybridized carbons (Fsp3) is 0.278. The first kappa shape index (κ1) is 18.2. The number of benzene rings is 1. The Morgan fingerprint density at radius 2 is 2.12 bits per heavy atom. The zero-order valence-electron chi connectivity index (χ0n) is 14.3. The molecule has 1 saturated heterocycles.